The van der Waals surface area contributed by atoms with E-state index in [4.69, 9.17) is 0 Å². The van der Waals surface area contributed by atoms with Crippen LogP contribution < -0.4 is 10.9 Å². The Morgan fingerprint density at radius 3 is 2.75 bits per heavy atom. The van der Waals surface area contributed by atoms with Gasteiger partial charge in [-0.2, -0.15) is 5.10 Å². The summed E-state index contributed by atoms with van der Waals surface area (Å²) in [5.74, 6) is 0.686. The zero-order valence-electron chi connectivity index (χ0n) is 12.6. The molecule has 1 N–H and O–H groups in total. The smallest absolute Gasteiger partial charge is 0.283 e. The number of likely N-dealkylation sites (N-methyl/N-ethyl adjacent to an activating group) is 1. The normalized spacial score (nSPS) is 20.2. The average molecular weight is 343 g/mol. The third-order valence-corrected chi connectivity index (χ3v) is 4.77. The SMILES string of the molecule is CN(C)CCn1ncc(NCC2CC2(C)C)c(Br)c1=O. The van der Waals surface area contributed by atoms with E-state index in [-0.39, 0.29) is 5.56 Å². The fourth-order valence-corrected chi connectivity index (χ4v) is 2.65. The van der Waals surface area contributed by atoms with E-state index in [9.17, 15) is 4.79 Å². The standard InChI is InChI=1S/C14H23BrN4O/c1-14(2)7-10(14)8-16-11-9-17-19(6-5-18(3)4)13(20)12(11)15/h9-10,16H,5-8H2,1-4H3. The van der Waals surface area contributed by atoms with Gasteiger partial charge in [-0.25, -0.2) is 4.68 Å². The van der Waals surface area contributed by atoms with E-state index < -0.39 is 0 Å². The van der Waals surface area contributed by atoms with Gasteiger partial charge in [-0.3, -0.25) is 4.79 Å². The molecule has 1 aliphatic carbocycles. The molecule has 1 atom stereocenters. The lowest BCUT2D eigenvalue weighted by molar-refractivity contribution is 0.367. The van der Waals surface area contributed by atoms with Gasteiger partial charge in [-0.05, 0) is 47.8 Å². The van der Waals surface area contributed by atoms with Gasteiger partial charge in [0, 0.05) is 13.1 Å². The van der Waals surface area contributed by atoms with Crippen molar-refractivity contribution in [1.29, 1.82) is 0 Å². The van der Waals surface area contributed by atoms with E-state index in [0.29, 0.717) is 22.4 Å². The van der Waals surface area contributed by atoms with Crippen molar-refractivity contribution in [3.05, 3.63) is 21.0 Å². The minimum absolute atomic E-state index is 0.0769. The summed E-state index contributed by atoms with van der Waals surface area (Å²) < 4.78 is 2.07. The first-order valence-electron chi connectivity index (χ1n) is 6.95. The molecule has 0 saturated heterocycles. The molecule has 0 bridgehead atoms. The van der Waals surface area contributed by atoms with Crippen LogP contribution in [0.15, 0.2) is 15.5 Å². The van der Waals surface area contributed by atoms with Crippen LogP contribution in [0.3, 0.4) is 0 Å². The number of rotatable bonds is 6. The van der Waals surface area contributed by atoms with Crippen LogP contribution in [-0.2, 0) is 6.54 Å². The minimum Gasteiger partial charge on any atom is -0.382 e. The van der Waals surface area contributed by atoms with Gasteiger partial charge >= 0.3 is 0 Å². The molecule has 1 aliphatic rings. The highest BCUT2D eigenvalue weighted by atomic mass is 79.9. The first-order valence-corrected chi connectivity index (χ1v) is 7.75. The van der Waals surface area contributed by atoms with Crippen molar-refractivity contribution in [2.45, 2.75) is 26.8 Å². The molecule has 1 heterocycles. The van der Waals surface area contributed by atoms with Crippen LogP contribution in [0, 0.1) is 11.3 Å². The molecule has 2 rings (SSSR count). The zero-order chi connectivity index (χ0) is 14.9. The number of hydrogen-bond donors (Lipinski definition) is 1. The molecule has 112 valence electrons. The van der Waals surface area contributed by atoms with Gasteiger partial charge in [0.25, 0.3) is 5.56 Å². The van der Waals surface area contributed by atoms with Crippen molar-refractivity contribution in [3.63, 3.8) is 0 Å². The Morgan fingerprint density at radius 2 is 2.20 bits per heavy atom. The monoisotopic (exact) mass is 342 g/mol. The highest BCUT2D eigenvalue weighted by molar-refractivity contribution is 9.10. The quantitative estimate of drug-likeness (QED) is 0.859. The number of anilines is 1. The number of nitrogens with one attached hydrogen (secondary N) is 1. The number of nitrogens with zero attached hydrogens (tertiary/aromatic N) is 3. The predicted octanol–water partition coefficient (Wildman–Crippen LogP) is 2.03. The molecular formula is C14H23BrN4O. The summed E-state index contributed by atoms with van der Waals surface area (Å²) in [7, 11) is 3.96. The third-order valence-electron chi connectivity index (χ3n) is 4.00. The van der Waals surface area contributed by atoms with E-state index in [2.05, 4.69) is 40.2 Å². The van der Waals surface area contributed by atoms with E-state index >= 15 is 0 Å². The van der Waals surface area contributed by atoms with Crippen LogP contribution in [0.5, 0.6) is 0 Å². The summed E-state index contributed by atoms with van der Waals surface area (Å²) in [6.45, 7) is 6.83. The maximum atomic E-state index is 12.2. The molecule has 1 saturated carbocycles. The molecule has 0 amide bonds. The van der Waals surface area contributed by atoms with Crippen molar-refractivity contribution in [1.82, 2.24) is 14.7 Å². The zero-order valence-corrected chi connectivity index (χ0v) is 14.2. The van der Waals surface area contributed by atoms with Crippen molar-refractivity contribution < 1.29 is 0 Å². The summed E-state index contributed by atoms with van der Waals surface area (Å²) in [5.41, 5.74) is 1.15. The van der Waals surface area contributed by atoms with E-state index in [1.165, 1.54) is 11.1 Å². The lowest BCUT2D eigenvalue weighted by atomic mass is 10.1. The van der Waals surface area contributed by atoms with Gasteiger partial charge in [0.05, 0.1) is 18.4 Å². The van der Waals surface area contributed by atoms with Gasteiger partial charge in [0.15, 0.2) is 0 Å². The summed E-state index contributed by atoms with van der Waals surface area (Å²) in [6.07, 6.45) is 2.97. The maximum Gasteiger partial charge on any atom is 0.283 e. The first kappa shape index (κ1) is 15.5. The molecule has 0 aliphatic heterocycles. The summed E-state index contributed by atoms with van der Waals surface area (Å²) in [5, 5.41) is 7.56. The van der Waals surface area contributed by atoms with Crippen LogP contribution in [0.1, 0.15) is 20.3 Å². The lowest BCUT2D eigenvalue weighted by Gasteiger charge is -2.13. The highest BCUT2D eigenvalue weighted by Crippen LogP contribution is 2.51. The molecule has 0 spiro atoms. The molecule has 1 unspecified atom stereocenters. The molecule has 0 radical (unpaired) electrons. The molecular weight excluding hydrogens is 320 g/mol. The second-order valence-electron chi connectivity index (χ2n) is 6.47. The maximum absolute atomic E-state index is 12.2. The largest absolute Gasteiger partial charge is 0.382 e. The average Bonchev–Trinajstić information content (AvgIpc) is 2.97. The number of halogens is 1. The Labute approximate surface area is 128 Å². The van der Waals surface area contributed by atoms with Crippen LogP contribution >= 0.6 is 15.9 Å². The topological polar surface area (TPSA) is 50.2 Å². The number of aromatic nitrogens is 2. The van der Waals surface area contributed by atoms with Gasteiger partial charge in [-0.15, -0.1) is 0 Å². The summed E-state index contributed by atoms with van der Waals surface area (Å²) in [6, 6.07) is 0. The van der Waals surface area contributed by atoms with Crippen LogP contribution in [0.25, 0.3) is 0 Å². The molecule has 1 aromatic rings. The molecule has 20 heavy (non-hydrogen) atoms. The number of hydrogen-bond acceptors (Lipinski definition) is 4. The molecule has 5 nitrogen and oxygen atoms in total. The van der Waals surface area contributed by atoms with Crippen LogP contribution in [0.2, 0.25) is 0 Å². The van der Waals surface area contributed by atoms with Gasteiger partial charge in [0.1, 0.15) is 4.47 Å². The van der Waals surface area contributed by atoms with Gasteiger partial charge in [-0.1, -0.05) is 13.8 Å². The summed E-state index contributed by atoms with van der Waals surface area (Å²) in [4.78, 5) is 14.2. The Hall–Kier alpha value is -0.880. The molecule has 1 aromatic heterocycles. The molecule has 0 aromatic carbocycles. The minimum atomic E-state index is -0.0769. The van der Waals surface area contributed by atoms with Crippen LogP contribution in [-0.4, -0.2) is 41.9 Å². The second-order valence-corrected chi connectivity index (χ2v) is 7.27. The predicted molar refractivity (Wildman–Crippen MR) is 85.1 cm³/mol. The second kappa shape index (κ2) is 5.85. The fraction of sp³-hybridized carbons (Fsp3) is 0.714. The van der Waals surface area contributed by atoms with Gasteiger partial charge < -0.3 is 10.2 Å². The van der Waals surface area contributed by atoms with Crippen molar-refractivity contribution in [2.24, 2.45) is 11.3 Å². The Bertz CT molecular complexity index is 538. The van der Waals surface area contributed by atoms with E-state index in [0.717, 1.165) is 18.8 Å². The van der Waals surface area contributed by atoms with Crippen LogP contribution in [0.4, 0.5) is 5.69 Å². The van der Waals surface area contributed by atoms with Crippen molar-refractivity contribution in [3.8, 4) is 0 Å². The van der Waals surface area contributed by atoms with Crippen molar-refractivity contribution in [2.75, 3.05) is 32.5 Å². The Kier molecular flexibility index (Phi) is 4.54. The van der Waals surface area contributed by atoms with E-state index in [1.54, 1.807) is 6.20 Å². The lowest BCUT2D eigenvalue weighted by Crippen LogP contribution is -2.29. The van der Waals surface area contributed by atoms with Gasteiger partial charge in [0.2, 0.25) is 0 Å². The Morgan fingerprint density at radius 1 is 1.55 bits per heavy atom. The van der Waals surface area contributed by atoms with E-state index in [1.807, 2.05) is 19.0 Å². The summed E-state index contributed by atoms with van der Waals surface area (Å²) >= 11 is 3.39. The molecule has 1 fully saturated rings. The first-order chi connectivity index (χ1) is 9.31. The third kappa shape index (κ3) is 3.61. The fourth-order valence-electron chi connectivity index (χ4n) is 2.20. The Balaban J connectivity index is 2.01. The van der Waals surface area contributed by atoms with Crippen molar-refractivity contribution >= 4 is 21.6 Å². The highest BCUT2D eigenvalue weighted by Gasteiger charge is 2.45. The molecule has 6 heteroatoms.